The van der Waals surface area contributed by atoms with E-state index in [1.54, 1.807) is 0 Å². The summed E-state index contributed by atoms with van der Waals surface area (Å²) in [6, 6.07) is 0. The summed E-state index contributed by atoms with van der Waals surface area (Å²) in [6.07, 6.45) is -2.37. The van der Waals surface area contributed by atoms with Crippen molar-refractivity contribution in [2.45, 2.75) is 13.1 Å². The highest BCUT2D eigenvalue weighted by molar-refractivity contribution is 6.01. The number of halogens is 3. The predicted octanol–water partition coefficient (Wildman–Crippen LogP) is 2.45. The van der Waals surface area contributed by atoms with Gasteiger partial charge in [-0.3, -0.25) is 4.79 Å². The van der Waals surface area contributed by atoms with Gasteiger partial charge in [-0.1, -0.05) is 18.6 Å². The Hall–Kier alpha value is -1.06. The summed E-state index contributed by atoms with van der Waals surface area (Å²) in [4.78, 5) is 11.1. The molecule has 0 fully saturated rings. The second kappa shape index (κ2) is 3.01. The maximum absolute atomic E-state index is 12.2. The molecule has 1 atom stereocenters. The van der Waals surface area contributed by atoms with Crippen LogP contribution in [0.15, 0.2) is 23.3 Å². The fourth-order valence-corrected chi connectivity index (χ4v) is 1.17. The van der Waals surface area contributed by atoms with Crippen molar-refractivity contribution in [1.29, 1.82) is 0 Å². The van der Waals surface area contributed by atoms with Gasteiger partial charge in [-0.05, 0) is 13.0 Å². The van der Waals surface area contributed by atoms with Crippen molar-refractivity contribution in [1.82, 2.24) is 0 Å². The van der Waals surface area contributed by atoms with Gasteiger partial charge in [0.1, 0.15) is 0 Å². The zero-order chi connectivity index (χ0) is 10.2. The summed E-state index contributed by atoms with van der Waals surface area (Å²) < 4.78 is 36.6. The summed E-state index contributed by atoms with van der Waals surface area (Å²) in [7, 11) is 0. The van der Waals surface area contributed by atoms with Crippen LogP contribution in [0, 0.1) is 12.8 Å². The monoisotopic (exact) mass is 189 g/mol. The van der Waals surface area contributed by atoms with Gasteiger partial charge in [0, 0.05) is 5.92 Å². The third-order valence-electron chi connectivity index (χ3n) is 1.78. The van der Waals surface area contributed by atoms with E-state index in [1.807, 2.05) is 0 Å². The molecule has 71 valence electrons. The second-order valence-corrected chi connectivity index (χ2v) is 2.95. The largest absolute Gasteiger partial charge is 0.419 e. The maximum atomic E-state index is 12.2. The lowest BCUT2D eigenvalue weighted by atomic mass is 9.90. The molecule has 0 saturated heterocycles. The Morgan fingerprint density at radius 2 is 2.00 bits per heavy atom. The van der Waals surface area contributed by atoms with E-state index >= 15 is 0 Å². The predicted molar refractivity (Wildman–Crippen MR) is 41.7 cm³/mol. The molecule has 0 aromatic rings. The molecule has 4 heteroatoms. The third kappa shape index (κ3) is 1.99. The van der Waals surface area contributed by atoms with Gasteiger partial charge in [-0.25, -0.2) is 0 Å². The zero-order valence-corrected chi connectivity index (χ0v) is 6.98. The Morgan fingerprint density at radius 1 is 1.46 bits per heavy atom. The van der Waals surface area contributed by atoms with Crippen molar-refractivity contribution in [3.8, 4) is 0 Å². The van der Waals surface area contributed by atoms with Crippen LogP contribution in [0.4, 0.5) is 13.2 Å². The lowest BCUT2D eigenvalue weighted by molar-refractivity contribution is -0.131. The molecule has 1 unspecified atom stereocenters. The van der Waals surface area contributed by atoms with E-state index in [-0.39, 0.29) is 5.57 Å². The van der Waals surface area contributed by atoms with Crippen LogP contribution in [0.5, 0.6) is 0 Å². The Balaban J connectivity index is 3.10. The molecule has 0 aromatic carbocycles. The number of hydrogen-bond acceptors (Lipinski definition) is 1. The van der Waals surface area contributed by atoms with Crippen LogP contribution in [0.1, 0.15) is 6.92 Å². The lowest BCUT2D eigenvalue weighted by Crippen LogP contribution is -2.26. The van der Waals surface area contributed by atoms with Gasteiger partial charge in [0.15, 0.2) is 5.78 Å². The molecule has 1 aliphatic rings. The number of ketones is 1. The number of alkyl halides is 3. The lowest BCUT2D eigenvalue weighted by Gasteiger charge is -2.17. The molecule has 0 spiro atoms. The minimum atomic E-state index is -4.57. The van der Waals surface area contributed by atoms with Crippen LogP contribution in [0.25, 0.3) is 0 Å². The van der Waals surface area contributed by atoms with Crippen molar-refractivity contribution in [2.24, 2.45) is 5.92 Å². The molecule has 0 aliphatic heterocycles. The van der Waals surface area contributed by atoms with Crippen molar-refractivity contribution < 1.29 is 18.0 Å². The molecular weight excluding hydrogens is 181 g/mol. The van der Waals surface area contributed by atoms with E-state index in [0.29, 0.717) is 0 Å². The van der Waals surface area contributed by atoms with Crippen LogP contribution in [0.3, 0.4) is 0 Å². The first-order chi connectivity index (χ1) is 5.82. The van der Waals surface area contributed by atoms with Crippen LogP contribution < -0.4 is 0 Å². The number of hydrogen-bond donors (Lipinski definition) is 0. The summed E-state index contributed by atoms with van der Waals surface area (Å²) in [5.74, 6) is -1.62. The average molecular weight is 189 g/mol. The second-order valence-electron chi connectivity index (χ2n) is 2.95. The first kappa shape index (κ1) is 10.0. The number of carbonyl (C=O) groups is 1. The summed E-state index contributed by atoms with van der Waals surface area (Å²) >= 11 is 0. The Kier molecular flexibility index (Phi) is 2.32. The van der Waals surface area contributed by atoms with E-state index in [9.17, 15) is 18.0 Å². The van der Waals surface area contributed by atoms with Crippen LogP contribution in [0.2, 0.25) is 0 Å². The highest BCUT2D eigenvalue weighted by Gasteiger charge is 2.40. The van der Waals surface area contributed by atoms with Gasteiger partial charge in [0.05, 0.1) is 5.57 Å². The van der Waals surface area contributed by atoms with E-state index in [0.717, 1.165) is 6.08 Å². The van der Waals surface area contributed by atoms with Crippen LogP contribution in [-0.4, -0.2) is 12.0 Å². The normalized spacial score (nSPS) is 24.1. The van der Waals surface area contributed by atoms with Gasteiger partial charge >= 0.3 is 6.18 Å². The maximum Gasteiger partial charge on any atom is 0.419 e. The van der Waals surface area contributed by atoms with Gasteiger partial charge in [-0.2, -0.15) is 13.2 Å². The van der Waals surface area contributed by atoms with E-state index in [2.05, 4.69) is 6.92 Å². The Labute approximate surface area is 73.9 Å². The average Bonchev–Trinajstić information content (AvgIpc) is 1.94. The standard InChI is InChI=1S/C9H8F3O/c1-5-3-6(2)8(13)7(4-5)9(10,11)12/h3-4,6H,1H2,2H3. The molecule has 13 heavy (non-hydrogen) atoms. The molecule has 0 bridgehead atoms. The minimum absolute atomic E-state index is 0.236. The topological polar surface area (TPSA) is 17.1 Å². The smallest absolute Gasteiger partial charge is 0.294 e. The molecule has 0 amide bonds. The van der Waals surface area contributed by atoms with Crippen molar-refractivity contribution >= 4 is 5.78 Å². The molecule has 0 aromatic heterocycles. The van der Waals surface area contributed by atoms with Crippen LogP contribution >= 0.6 is 0 Å². The number of rotatable bonds is 0. The first-order valence-corrected chi connectivity index (χ1v) is 3.69. The van der Waals surface area contributed by atoms with Gasteiger partial charge < -0.3 is 0 Å². The van der Waals surface area contributed by atoms with Gasteiger partial charge in [0.2, 0.25) is 0 Å². The fraction of sp³-hybridized carbons (Fsp3) is 0.333. The Bertz CT molecular complexity index is 296. The van der Waals surface area contributed by atoms with Gasteiger partial charge in [-0.15, -0.1) is 0 Å². The van der Waals surface area contributed by atoms with Crippen molar-refractivity contribution in [3.05, 3.63) is 30.2 Å². The van der Waals surface area contributed by atoms with Gasteiger partial charge in [0.25, 0.3) is 0 Å². The summed E-state index contributed by atoms with van der Waals surface area (Å²) in [5, 5.41) is 0. The van der Waals surface area contributed by atoms with E-state index < -0.39 is 23.5 Å². The summed E-state index contributed by atoms with van der Waals surface area (Å²) in [5.41, 5.74) is -0.869. The van der Waals surface area contributed by atoms with Crippen molar-refractivity contribution in [2.75, 3.05) is 0 Å². The molecule has 0 heterocycles. The van der Waals surface area contributed by atoms with E-state index in [1.165, 1.54) is 13.0 Å². The molecule has 1 radical (unpaired) electrons. The number of allylic oxidation sites excluding steroid dienone is 4. The highest BCUT2D eigenvalue weighted by Crippen LogP contribution is 2.32. The molecule has 0 N–H and O–H groups in total. The quantitative estimate of drug-likeness (QED) is 0.572. The molecule has 1 nitrogen and oxygen atoms in total. The number of carbonyl (C=O) groups excluding carboxylic acids is 1. The molecule has 0 saturated carbocycles. The highest BCUT2D eigenvalue weighted by atomic mass is 19.4. The molecular formula is C9H8F3O. The summed E-state index contributed by atoms with van der Waals surface area (Å²) in [6.45, 7) is 4.80. The van der Waals surface area contributed by atoms with E-state index in [4.69, 9.17) is 0 Å². The SMILES string of the molecule is [CH2]C1=CC(C)C(=O)C(C(F)(F)F)=C1. The van der Waals surface area contributed by atoms with Crippen LogP contribution in [-0.2, 0) is 4.79 Å². The Morgan fingerprint density at radius 3 is 2.46 bits per heavy atom. The zero-order valence-electron chi connectivity index (χ0n) is 6.98. The molecule has 1 rings (SSSR count). The minimum Gasteiger partial charge on any atom is -0.294 e. The molecule has 1 aliphatic carbocycles. The third-order valence-corrected chi connectivity index (χ3v) is 1.78. The first-order valence-electron chi connectivity index (χ1n) is 3.69. The fourth-order valence-electron chi connectivity index (χ4n) is 1.17. The van der Waals surface area contributed by atoms with Crippen molar-refractivity contribution in [3.63, 3.8) is 0 Å². The number of Topliss-reactive ketones (excluding diaryl/α,β-unsaturated/α-hetero) is 1.